The lowest BCUT2D eigenvalue weighted by atomic mass is 9.91. The van der Waals surface area contributed by atoms with Gasteiger partial charge in [0, 0.05) is 31.3 Å². The van der Waals surface area contributed by atoms with E-state index in [0.717, 1.165) is 0 Å². The summed E-state index contributed by atoms with van der Waals surface area (Å²) >= 11 is 6.09. The van der Waals surface area contributed by atoms with Gasteiger partial charge in [0.05, 0.1) is 11.6 Å². The number of allylic oxidation sites excluding steroid dienone is 1. The first-order valence-electron chi connectivity index (χ1n) is 6.79. The fourth-order valence-corrected chi connectivity index (χ4v) is 2.78. The second kappa shape index (κ2) is 6.52. The van der Waals surface area contributed by atoms with E-state index < -0.39 is 17.8 Å². The molecule has 1 atom stereocenters. The maximum atomic E-state index is 13.5. The molecule has 0 saturated heterocycles. The molecular weight excluding hydrogens is 300 g/mol. The number of esters is 1. The summed E-state index contributed by atoms with van der Waals surface area (Å²) in [4.78, 5) is 15.6. The maximum Gasteiger partial charge on any atom is 0.331 e. The van der Waals surface area contributed by atoms with Crippen molar-refractivity contribution in [2.45, 2.75) is 32.1 Å². The molecule has 0 aromatic carbocycles. The number of hydrogen-bond donors (Lipinski definition) is 0. The molecule has 3 nitrogen and oxygen atoms in total. The molecule has 1 fully saturated rings. The third kappa shape index (κ3) is 4.00. The molecule has 0 amide bonds. The molecule has 1 aliphatic carbocycles. The lowest BCUT2D eigenvalue weighted by Crippen LogP contribution is -2.11. The van der Waals surface area contributed by atoms with Crippen LogP contribution in [0.25, 0.3) is 5.57 Å². The predicted molar refractivity (Wildman–Crippen MR) is 76.1 cm³/mol. The SMILES string of the molecule is CCOC(=O)C=C(c1ccncc1Cl)C1CCC(F)(F)C1. The highest BCUT2D eigenvalue weighted by atomic mass is 35.5. The molecule has 114 valence electrons. The van der Waals surface area contributed by atoms with Crippen molar-refractivity contribution >= 4 is 23.1 Å². The Morgan fingerprint density at radius 1 is 1.62 bits per heavy atom. The first-order chi connectivity index (χ1) is 9.93. The Balaban J connectivity index is 2.36. The summed E-state index contributed by atoms with van der Waals surface area (Å²) in [6.07, 6.45) is 4.08. The van der Waals surface area contributed by atoms with Crippen LogP contribution in [0.3, 0.4) is 0 Å². The first kappa shape index (κ1) is 15.9. The summed E-state index contributed by atoms with van der Waals surface area (Å²) in [7, 11) is 0. The summed E-state index contributed by atoms with van der Waals surface area (Å²) < 4.78 is 31.8. The standard InChI is InChI=1S/C15H16ClF2NO2/c1-2-21-14(20)7-12(10-3-5-15(17,18)8-10)11-4-6-19-9-13(11)16/h4,6-7,9-10H,2-3,5,8H2,1H3. The quantitative estimate of drug-likeness (QED) is 0.620. The van der Waals surface area contributed by atoms with Gasteiger partial charge in [0.25, 0.3) is 0 Å². The molecule has 1 aromatic rings. The normalized spacial score (nSPS) is 21.3. The van der Waals surface area contributed by atoms with Crippen LogP contribution in [0.4, 0.5) is 8.78 Å². The minimum atomic E-state index is -2.70. The van der Waals surface area contributed by atoms with E-state index in [1.54, 1.807) is 13.0 Å². The minimum Gasteiger partial charge on any atom is -0.463 e. The molecule has 0 bridgehead atoms. The van der Waals surface area contributed by atoms with Crippen molar-refractivity contribution in [1.29, 1.82) is 0 Å². The average Bonchev–Trinajstić information content (AvgIpc) is 2.77. The van der Waals surface area contributed by atoms with Crippen molar-refractivity contribution in [2.75, 3.05) is 6.61 Å². The van der Waals surface area contributed by atoms with E-state index in [2.05, 4.69) is 4.98 Å². The number of alkyl halides is 2. The number of halogens is 3. The molecule has 1 heterocycles. The highest BCUT2D eigenvalue weighted by molar-refractivity contribution is 6.32. The molecule has 0 spiro atoms. The number of hydrogen-bond acceptors (Lipinski definition) is 3. The highest BCUT2D eigenvalue weighted by Gasteiger charge is 2.41. The number of aromatic nitrogens is 1. The fraction of sp³-hybridized carbons (Fsp3) is 0.467. The predicted octanol–water partition coefficient (Wildman–Crippen LogP) is 4.12. The number of carbonyl (C=O) groups excluding carboxylic acids is 1. The van der Waals surface area contributed by atoms with Crippen LogP contribution in [0.5, 0.6) is 0 Å². The molecule has 1 unspecified atom stereocenters. The van der Waals surface area contributed by atoms with Gasteiger partial charge in [-0.2, -0.15) is 0 Å². The van der Waals surface area contributed by atoms with Crippen molar-refractivity contribution in [3.8, 4) is 0 Å². The fourth-order valence-electron chi connectivity index (χ4n) is 2.55. The van der Waals surface area contributed by atoms with E-state index in [4.69, 9.17) is 16.3 Å². The van der Waals surface area contributed by atoms with Crippen LogP contribution >= 0.6 is 11.6 Å². The highest BCUT2D eigenvalue weighted by Crippen LogP contribution is 2.45. The zero-order chi connectivity index (χ0) is 15.5. The number of pyridine rings is 1. The van der Waals surface area contributed by atoms with Crippen molar-refractivity contribution in [1.82, 2.24) is 4.98 Å². The molecular formula is C15H16ClF2NO2. The molecule has 1 aliphatic rings. The monoisotopic (exact) mass is 315 g/mol. The number of ether oxygens (including phenoxy) is 1. The van der Waals surface area contributed by atoms with Crippen LogP contribution in [0.1, 0.15) is 31.7 Å². The van der Waals surface area contributed by atoms with Crippen molar-refractivity contribution in [3.63, 3.8) is 0 Å². The molecule has 1 saturated carbocycles. The van der Waals surface area contributed by atoms with Gasteiger partial charge in [0.2, 0.25) is 5.92 Å². The van der Waals surface area contributed by atoms with E-state index in [1.165, 1.54) is 18.5 Å². The largest absolute Gasteiger partial charge is 0.463 e. The van der Waals surface area contributed by atoms with Gasteiger partial charge in [-0.05, 0) is 36.5 Å². The lowest BCUT2D eigenvalue weighted by Gasteiger charge is -2.16. The molecule has 0 aliphatic heterocycles. The Bertz CT molecular complexity index is 560. The van der Waals surface area contributed by atoms with Crippen LogP contribution in [-0.2, 0) is 9.53 Å². The van der Waals surface area contributed by atoms with Gasteiger partial charge in [-0.25, -0.2) is 13.6 Å². The molecule has 6 heteroatoms. The second-order valence-electron chi connectivity index (χ2n) is 5.00. The summed E-state index contributed by atoms with van der Waals surface area (Å²) in [6, 6.07) is 1.63. The van der Waals surface area contributed by atoms with Gasteiger partial charge in [0.1, 0.15) is 0 Å². The van der Waals surface area contributed by atoms with Gasteiger partial charge >= 0.3 is 5.97 Å². The first-order valence-corrected chi connectivity index (χ1v) is 7.17. The Labute approximate surface area is 127 Å². The Morgan fingerprint density at radius 2 is 2.38 bits per heavy atom. The van der Waals surface area contributed by atoms with Crippen molar-refractivity contribution < 1.29 is 18.3 Å². The van der Waals surface area contributed by atoms with Gasteiger partial charge < -0.3 is 4.74 Å². The summed E-state index contributed by atoms with van der Waals surface area (Å²) in [5, 5.41) is 0.336. The van der Waals surface area contributed by atoms with Crippen LogP contribution in [-0.4, -0.2) is 23.5 Å². The molecule has 0 radical (unpaired) electrons. The third-order valence-corrected chi connectivity index (χ3v) is 3.79. The maximum absolute atomic E-state index is 13.5. The van der Waals surface area contributed by atoms with Crippen LogP contribution < -0.4 is 0 Å². The van der Waals surface area contributed by atoms with Crippen LogP contribution in [0.15, 0.2) is 24.5 Å². The zero-order valence-corrected chi connectivity index (χ0v) is 12.4. The Kier molecular flexibility index (Phi) is 4.93. The number of carbonyl (C=O) groups is 1. The summed E-state index contributed by atoms with van der Waals surface area (Å²) in [5.41, 5.74) is 1.06. The minimum absolute atomic E-state index is 0.180. The van der Waals surface area contributed by atoms with E-state index in [1.807, 2.05) is 0 Å². The average molecular weight is 316 g/mol. The molecule has 2 rings (SSSR count). The zero-order valence-electron chi connectivity index (χ0n) is 11.6. The van der Waals surface area contributed by atoms with Crippen LogP contribution in [0, 0.1) is 5.92 Å². The van der Waals surface area contributed by atoms with Crippen LogP contribution in [0.2, 0.25) is 5.02 Å². The molecule has 1 aromatic heterocycles. The Hall–Kier alpha value is -1.49. The molecule has 21 heavy (non-hydrogen) atoms. The van der Waals surface area contributed by atoms with Gasteiger partial charge in [-0.3, -0.25) is 4.98 Å². The van der Waals surface area contributed by atoms with Crippen molar-refractivity contribution in [2.24, 2.45) is 5.92 Å². The number of nitrogens with zero attached hydrogens (tertiary/aromatic N) is 1. The lowest BCUT2D eigenvalue weighted by molar-refractivity contribution is -0.137. The smallest absolute Gasteiger partial charge is 0.331 e. The topological polar surface area (TPSA) is 39.2 Å². The van der Waals surface area contributed by atoms with Gasteiger partial charge in [-0.15, -0.1) is 0 Å². The van der Waals surface area contributed by atoms with E-state index in [0.29, 0.717) is 22.6 Å². The van der Waals surface area contributed by atoms with E-state index >= 15 is 0 Å². The van der Waals surface area contributed by atoms with Crippen molar-refractivity contribution in [3.05, 3.63) is 35.1 Å². The number of rotatable bonds is 4. The van der Waals surface area contributed by atoms with E-state index in [-0.39, 0.29) is 19.4 Å². The second-order valence-corrected chi connectivity index (χ2v) is 5.41. The third-order valence-electron chi connectivity index (χ3n) is 3.49. The van der Waals surface area contributed by atoms with E-state index in [9.17, 15) is 13.6 Å². The molecule has 0 N–H and O–H groups in total. The summed E-state index contributed by atoms with van der Waals surface area (Å²) in [6.45, 7) is 1.92. The summed E-state index contributed by atoms with van der Waals surface area (Å²) in [5.74, 6) is -3.65. The van der Waals surface area contributed by atoms with Gasteiger partial charge in [-0.1, -0.05) is 11.6 Å². The van der Waals surface area contributed by atoms with Gasteiger partial charge in [0.15, 0.2) is 0 Å². The Morgan fingerprint density at radius 3 is 2.95 bits per heavy atom.